The van der Waals surface area contributed by atoms with E-state index >= 15 is 0 Å². The van der Waals surface area contributed by atoms with Crippen LogP contribution in [-0.4, -0.2) is 79.7 Å². The van der Waals surface area contributed by atoms with Gasteiger partial charge in [0.05, 0.1) is 21.9 Å². The normalized spacial score (nSPS) is 21.8. The summed E-state index contributed by atoms with van der Waals surface area (Å²) >= 11 is 0. The molecule has 3 rings (SSSR count). The summed E-state index contributed by atoms with van der Waals surface area (Å²) in [6.07, 6.45) is -3.33. The predicted octanol–water partition coefficient (Wildman–Crippen LogP) is 2.48. The quantitative estimate of drug-likeness (QED) is 0.620. The maximum atomic E-state index is 12.8. The Morgan fingerprint density at radius 2 is 1.77 bits per heavy atom. The average molecular weight is 435 g/mol. The van der Waals surface area contributed by atoms with E-state index in [0.29, 0.717) is 16.7 Å². The summed E-state index contributed by atoms with van der Waals surface area (Å²) in [5, 5.41) is 10.8. The van der Waals surface area contributed by atoms with Gasteiger partial charge in [0.25, 0.3) is 0 Å². The lowest BCUT2D eigenvalue weighted by molar-refractivity contribution is -0.120. The van der Waals surface area contributed by atoms with Gasteiger partial charge in [-0.15, -0.1) is 0 Å². The highest BCUT2D eigenvalue weighted by molar-refractivity contribution is 5.83. The van der Waals surface area contributed by atoms with Crippen LogP contribution in [-0.2, 0) is 11.2 Å². The minimum absolute atomic E-state index is 0.00368. The number of ether oxygens (including phenoxy) is 2. The van der Waals surface area contributed by atoms with Crippen molar-refractivity contribution in [3.8, 4) is 11.5 Å². The van der Waals surface area contributed by atoms with Gasteiger partial charge in [0, 0.05) is 41.8 Å². The summed E-state index contributed by atoms with van der Waals surface area (Å²) in [7, 11) is 1.35. The van der Waals surface area contributed by atoms with Crippen LogP contribution in [0.3, 0.4) is 0 Å². The number of methoxy groups -OCH3 is 1. The maximum absolute atomic E-state index is 12.8. The van der Waals surface area contributed by atoms with E-state index < -0.39 is 19.1 Å². The standard InChI is InChI=1S/C25H34N2O4/c1-19-7-6-8-20(2)23(19)15-21(28)16-26-11-13-27(14-12-26)17-22(29)18-31-25-10-5-4-9-24(25)30-3/h4-10,22,29H,11-18H2,1-3H3/i6D,7D,8D,17D2,18D2,22D. The third kappa shape index (κ3) is 6.79. The topological polar surface area (TPSA) is 62.2 Å². The van der Waals surface area contributed by atoms with E-state index in [0.717, 1.165) is 4.90 Å². The molecule has 0 radical (unpaired) electrons. The summed E-state index contributed by atoms with van der Waals surface area (Å²) in [6.45, 7) is -2.14. The van der Waals surface area contributed by atoms with Crippen molar-refractivity contribution in [1.29, 1.82) is 0 Å². The molecule has 0 aromatic heterocycles. The van der Waals surface area contributed by atoms with Crippen LogP contribution >= 0.6 is 0 Å². The minimum atomic E-state index is -3.33. The second-order valence-corrected chi connectivity index (χ2v) is 7.40. The molecule has 6 heteroatoms. The van der Waals surface area contributed by atoms with Crippen molar-refractivity contribution in [2.75, 3.05) is 52.9 Å². The first-order valence-corrected chi connectivity index (χ1v) is 10.1. The number of nitrogens with zero attached hydrogens (tertiary/aromatic N) is 2. The smallest absolute Gasteiger partial charge is 0.161 e. The van der Waals surface area contributed by atoms with Gasteiger partial charge in [0.1, 0.15) is 12.6 Å². The molecule has 1 unspecified atom stereocenters. The number of ketones is 1. The lowest BCUT2D eigenvalue weighted by atomic mass is 9.98. The molecule has 1 heterocycles. The molecule has 168 valence electrons. The van der Waals surface area contributed by atoms with E-state index in [9.17, 15) is 9.90 Å². The number of carbonyl (C=O) groups excluding carboxylic acids is 1. The molecule has 0 bridgehead atoms. The SMILES string of the molecule is [2H]c1c([2H])c(C)c(CC(=O)CN2CCN(C([2H])([2H])C([2H])(O)C([2H])([2H])Oc3ccccc3OC)CC2)c(C)c1[2H]. The predicted molar refractivity (Wildman–Crippen MR) is 122 cm³/mol. The van der Waals surface area contributed by atoms with Crippen LogP contribution in [0.1, 0.15) is 27.7 Å². The van der Waals surface area contributed by atoms with Crippen LogP contribution in [0.4, 0.5) is 0 Å². The summed E-state index contributed by atoms with van der Waals surface area (Å²) in [5.74, 6) is -0.0876. The molecule has 2 aromatic carbocycles. The monoisotopic (exact) mass is 434 g/mol. The van der Waals surface area contributed by atoms with Crippen molar-refractivity contribution in [2.45, 2.75) is 26.3 Å². The molecule has 0 aliphatic carbocycles. The third-order valence-electron chi connectivity index (χ3n) is 5.14. The Morgan fingerprint density at radius 3 is 2.42 bits per heavy atom. The highest BCUT2D eigenvalue weighted by atomic mass is 16.5. The van der Waals surface area contributed by atoms with Gasteiger partial charge in [-0.3, -0.25) is 14.6 Å². The molecule has 0 spiro atoms. The van der Waals surface area contributed by atoms with E-state index in [1.165, 1.54) is 19.2 Å². The summed E-state index contributed by atoms with van der Waals surface area (Å²) in [4.78, 5) is 15.8. The van der Waals surface area contributed by atoms with Gasteiger partial charge in [-0.05, 0) is 42.7 Å². The van der Waals surface area contributed by atoms with Gasteiger partial charge in [0.15, 0.2) is 17.3 Å². The number of Topliss-reactive ketones (excluding diaryl/α,β-unsaturated/α-hetero) is 1. The summed E-state index contributed by atoms with van der Waals surface area (Å²) in [5.41, 5.74) is 1.57. The lowest BCUT2D eigenvalue weighted by Crippen LogP contribution is -2.50. The fraction of sp³-hybridized carbons (Fsp3) is 0.480. The maximum Gasteiger partial charge on any atom is 0.161 e. The van der Waals surface area contributed by atoms with Gasteiger partial charge in [-0.2, -0.15) is 0 Å². The van der Waals surface area contributed by atoms with Gasteiger partial charge < -0.3 is 14.6 Å². The number of carbonyl (C=O) groups is 1. The summed E-state index contributed by atoms with van der Waals surface area (Å²) in [6, 6.07) is 5.78. The van der Waals surface area contributed by atoms with Crippen LogP contribution in [0.25, 0.3) is 0 Å². The zero-order valence-corrected chi connectivity index (χ0v) is 18.1. The molecule has 1 N–H and O–H groups in total. The second kappa shape index (κ2) is 11.3. The molecule has 1 atom stereocenters. The Kier molecular flexibility index (Phi) is 5.32. The molecule has 1 fully saturated rings. The van der Waals surface area contributed by atoms with E-state index in [2.05, 4.69) is 0 Å². The van der Waals surface area contributed by atoms with Crippen LogP contribution in [0.15, 0.2) is 42.4 Å². The van der Waals surface area contributed by atoms with E-state index in [1.54, 1.807) is 30.9 Å². The Hall–Kier alpha value is -2.41. The fourth-order valence-corrected chi connectivity index (χ4v) is 3.42. The number of piperazine rings is 1. The summed E-state index contributed by atoms with van der Waals surface area (Å²) < 4.78 is 76.0. The van der Waals surface area contributed by atoms with Gasteiger partial charge in [0.2, 0.25) is 0 Å². The third-order valence-corrected chi connectivity index (χ3v) is 5.14. The number of rotatable bonds is 10. The number of benzene rings is 2. The Morgan fingerprint density at radius 1 is 1.16 bits per heavy atom. The van der Waals surface area contributed by atoms with E-state index in [1.807, 2.05) is 0 Å². The highest BCUT2D eigenvalue weighted by Crippen LogP contribution is 2.25. The first-order chi connectivity index (χ1) is 18.0. The van der Waals surface area contributed by atoms with Gasteiger partial charge in [-0.1, -0.05) is 30.3 Å². The molecule has 0 amide bonds. The van der Waals surface area contributed by atoms with Crippen molar-refractivity contribution in [2.24, 2.45) is 0 Å². The largest absolute Gasteiger partial charge is 0.493 e. The zero-order valence-electron chi connectivity index (χ0n) is 26.1. The number of β-amino-alcohol motifs (C(OH)–C–C–N with tert-alkyl or cyclic N) is 1. The van der Waals surface area contributed by atoms with Crippen molar-refractivity contribution < 1.29 is 30.3 Å². The molecule has 1 aliphatic rings. The molecule has 0 saturated carbocycles. The highest BCUT2D eigenvalue weighted by Gasteiger charge is 2.21. The van der Waals surface area contributed by atoms with E-state index in [4.69, 9.17) is 20.4 Å². The lowest BCUT2D eigenvalue weighted by Gasteiger charge is -2.35. The molecule has 31 heavy (non-hydrogen) atoms. The van der Waals surface area contributed by atoms with Crippen LogP contribution in [0.2, 0.25) is 0 Å². The second-order valence-electron chi connectivity index (χ2n) is 7.40. The van der Waals surface area contributed by atoms with Crippen molar-refractivity contribution in [3.05, 3.63) is 59.1 Å². The molecule has 2 aromatic rings. The van der Waals surface area contributed by atoms with E-state index in [-0.39, 0.29) is 74.6 Å². The van der Waals surface area contributed by atoms with Crippen molar-refractivity contribution >= 4 is 5.78 Å². The Labute approximate surface area is 196 Å². The van der Waals surface area contributed by atoms with Crippen LogP contribution in [0.5, 0.6) is 11.5 Å². The first kappa shape index (κ1) is 14.6. The minimum Gasteiger partial charge on any atom is -0.493 e. The van der Waals surface area contributed by atoms with Crippen LogP contribution < -0.4 is 9.47 Å². The number of hydrogen-bond donors (Lipinski definition) is 1. The molecule has 1 saturated heterocycles. The van der Waals surface area contributed by atoms with Gasteiger partial charge >= 0.3 is 0 Å². The molecule has 1 aliphatic heterocycles. The first-order valence-electron chi connectivity index (χ1n) is 14.1. The van der Waals surface area contributed by atoms with Gasteiger partial charge in [-0.25, -0.2) is 0 Å². The number of para-hydroxylation sites is 2. The average Bonchev–Trinajstić information content (AvgIpc) is 2.89. The Balaban J connectivity index is 1.65. The zero-order chi connectivity index (χ0) is 29.3. The number of aliphatic hydroxyl groups is 1. The number of hydrogen-bond acceptors (Lipinski definition) is 6. The van der Waals surface area contributed by atoms with Crippen LogP contribution in [0, 0.1) is 13.8 Å². The Bertz CT molecular complexity index is 1190. The fourth-order valence-electron chi connectivity index (χ4n) is 3.42. The molecule has 6 nitrogen and oxygen atoms in total. The molecular formula is C25H34N2O4. The van der Waals surface area contributed by atoms with Crippen molar-refractivity contribution in [3.63, 3.8) is 0 Å². The van der Waals surface area contributed by atoms with Crippen molar-refractivity contribution in [1.82, 2.24) is 9.80 Å². The molecular weight excluding hydrogens is 392 g/mol.